The number of hydrogen-bond acceptors (Lipinski definition) is 2. The molecule has 0 aliphatic heterocycles. The fourth-order valence-electron chi connectivity index (χ4n) is 6.58. The van der Waals surface area contributed by atoms with Crippen LogP contribution < -0.4 is 0 Å². The van der Waals surface area contributed by atoms with Gasteiger partial charge in [0.2, 0.25) is 0 Å². The van der Waals surface area contributed by atoms with Crippen LogP contribution in [0.3, 0.4) is 0 Å². The zero-order valence-corrected chi connectivity index (χ0v) is 22.6. The smallest absolute Gasteiger partial charge is 0.145 e. The molecule has 3 aromatic heterocycles. The topological polar surface area (TPSA) is 35.6 Å². The fourth-order valence-corrected chi connectivity index (χ4v) is 6.58. The second-order valence-corrected chi connectivity index (χ2v) is 10.7. The Morgan fingerprint density at radius 3 is 1.76 bits per heavy atom. The van der Waals surface area contributed by atoms with E-state index in [4.69, 9.17) is 4.98 Å². The predicted molar refractivity (Wildman–Crippen MR) is 174 cm³/mol. The molecule has 0 N–H and O–H groups in total. The molecule has 0 aliphatic carbocycles. The number of nitrogens with zero attached hydrogens (tertiary/aromatic N) is 4. The van der Waals surface area contributed by atoms with E-state index in [2.05, 4.69) is 148 Å². The van der Waals surface area contributed by atoms with E-state index in [0.717, 1.165) is 50.1 Å². The average molecular weight is 537 g/mol. The third-order valence-electron chi connectivity index (χ3n) is 8.40. The Kier molecular flexibility index (Phi) is 4.87. The van der Waals surface area contributed by atoms with Gasteiger partial charge >= 0.3 is 0 Å². The van der Waals surface area contributed by atoms with Crippen molar-refractivity contribution in [1.29, 1.82) is 0 Å². The van der Waals surface area contributed by atoms with Crippen LogP contribution in [-0.2, 0) is 0 Å². The Balaban J connectivity index is 1.35. The highest BCUT2D eigenvalue weighted by molar-refractivity contribution is 6.24. The van der Waals surface area contributed by atoms with Gasteiger partial charge in [-0.15, -0.1) is 0 Å². The number of imidazole rings is 1. The normalized spacial score (nSPS) is 11.8. The van der Waals surface area contributed by atoms with Gasteiger partial charge in [-0.1, -0.05) is 97.1 Å². The van der Waals surface area contributed by atoms with Crippen molar-refractivity contribution >= 4 is 54.4 Å². The lowest BCUT2D eigenvalue weighted by Gasteiger charge is -2.14. The zero-order chi connectivity index (χ0) is 27.6. The van der Waals surface area contributed by atoms with Crippen LogP contribution >= 0.6 is 0 Å². The van der Waals surface area contributed by atoms with E-state index >= 15 is 0 Å². The fraction of sp³-hybridized carbons (Fsp3) is 0. The van der Waals surface area contributed by atoms with Crippen molar-refractivity contribution in [3.8, 4) is 22.8 Å². The summed E-state index contributed by atoms with van der Waals surface area (Å²) in [6, 6.07) is 47.3. The Morgan fingerprint density at radius 2 is 1.00 bits per heavy atom. The zero-order valence-electron chi connectivity index (χ0n) is 22.6. The minimum Gasteiger partial charge on any atom is -0.309 e. The standard InChI is InChI=1S/C38H24N4/c1-2-10-25(11-3-1)38-40-36-31-15-6-4-12-28(31)29-13-5-7-16-32(29)37(36)42(38)27-20-18-26(19-21-27)41-34-17-9-8-14-30(34)33-24-39-23-22-35(33)41/h1-24H. The number of pyridine rings is 1. The maximum Gasteiger partial charge on any atom is 0.145 e. The van der Waals surface area contributed by atoms with E-state index in [1.54, 1.807) is 0 Å². The first-order valence-electron chi connectivity index (χ1n) is 14.2. The van der Waals surface area contributed by atoms with E-state index in [1.807, 2.05) is 12.4 Å². The molecule has 9 aromatic rings. The molecule has 0 bridgehead atoms. The van der Waals surface area contributed by atoms with Crippen molar-refractivity contribution in [1.82, 2.24) is 19.1 Å². The molecule has 196 valence electrons. The number of hydrogen-bond donors (Lipinski definition) is 0. The minimum atomic E-state index is 0.933. The van der Waals surface area contributed by atoms with E-state index in [-0.39, 0.29) is 0 Å². The van der Waals surface area contributed by atoms with Gasteiger partial charge in [-0.05, 0) is 47.2 Å². The van der Waals surface area contributed by atoms with Gasteiger partial charge in [-0.25, -0.2) is 4.98 Å². The maximum atomic E-state index is 5.34. The van der Waals surface area contributed by atoms with Crippen LogP contribution in [0, 0.1) is 0 Å². The molecule has 6 aromatic carbocycles. The van der Waals surface area contributed by atoms with E-state index in [1.165, 1.54) is 27.1 Å². The van der Waals surface area contributed by atoms with Gasteiger partial charge in [0.05, 0.1) is 22.1 Å². The van der Waals surface area contributed by atoms with Crippen LogP contribution in [0.5, 0.6) is 0 Å². The number of fused-ring (bicyclic) bond motifs is 9. The third kappa shape index (κ3) is 3.23. The molecule has 0 radical (unpaired) electrons. The number of para-hydroxylation sites is 1. The quantitative estimate of drug-likeness (QED) is 0.211. The Morgan fingerprint density at radius 1 is 0.429 bits per heavy atom. The van der Waals surface area contributed by atoms with Crippen LogP contribution in [0.1, 0.15) is 0 Å². The molecule has 0 fully saturated rings. The van der Waals surface area contributed by atoms with Gasteiger partial charge in [0.25, 0.3) is 0 Å². The highest BCUT2D eigenvalue weighted by Gasteiger charge is 2.20. The summed E-state index contributed by atoms with van der Waals surface area (Å²) in [6.07, 6.45) is 3.83. The minimum absolute atomic E-state index is 0.933. The lowest BCUT2D eigenvalue weighted by molar-refractivity contribution is 1.10. The molecule has 3 heterocycles. The molecule has 0 amide bonds. The predicted octanol–water partition coefficient (Wildman–Crippen LogP) is 9.49. The van der Waals surface area contributed by atoms with Crippen molar-refractivity contribution in [2.75, 3.05) is 0 Å². The summed E-state index contributed by atoms with van der Waals surface area (Å²) in [4.78, 5) is 9.75. The van der Waals surface area contributed by atoms with E-state index < -0.39 is 0 Å². The van der Waals surface area contributed by atoms with Gasteiger partial charge in [0.15, 0.2) is 0 Å². The Labute approximate surface area is 241 Å². The molecule has 4 nitrogen and oxygen atoms in total. The molecule has 0 saturated carbocycles. The summed E-state index contributed by atoms with van der Waals surface area (Å²) in [5, 5.41) is 7.17. The summed E-state index contributed by atoms with van der Waals surface area (Å²) in [6.45, 7) is 0. The van der Waals surface area contributed by atoms with Gasteiger partial charge < -0.3 is 4.57 Å². The largest absolute Gasteiger partial charge is 0.309 e. The lowest BCUT2D eigenvalue weighted by Crippen LogP contribution is -2.00. The van der Waals surface area contributed by atoms with E-state index in [9.17, 15) is 0 Å². The summed E-state index contributed by atoms with van der Waals surface area (Å²) in [5.74, 6) is 0.933. The van der Waals surface area contributed by atoms with Crippen LogP contribution in [0.15, 0.2) is 146 Å². The number of benzene rings is 6. The SMILES string of the molecule is c1ccc(-c2nc3c4ccccc4c4ccccc4c3n2-c2ccc(-n3c4ccccc4c4cnccc43)cc2)cc1. The summed E-state index contributed by atoms with van der Waals surface area (Å²) >= 11 is 0. The number of aromatic nitrogens is 4. The molecular weight excluding hydrogens is 512 g/mol. The van der Waals surface area contributed by atoms with Crippen molar-refractivity contribution < 1.29 is 0 Å². The molecule has 9 rings (SSSR count). The van der Waals surface area contributed by atoms with Crippen molar-refractivity contribution in [3.05, 3.63) is 146 Å². The molecule has 0 saturated heterocycles. The van der Waals surface area contributed by atoms with Crippen molar-refractivity contribution in [3.63, 3.8) is 0 Å². The summed E-state index contributed by atoms with van der Waals surface area (Å²) in [7, 11) is 0. The molecule has 42 heavy (non-hydrogen) atoms. The maximum absolute atomic E-state index is 5.34. The van der Waals surface area contributed by atoms with Gasteiger partial charge in [0.1, 0.15) is 5.82 Å². The first-order valence-corrected chi connectivity index (χ1v) is 14.2. The third-order valence-corrected chi connectivity index (χ3v) is 8.40. The Bertz CT molecular complexity index is 2400. The first-order chi connectivity index (χ1) is 20.9. The van der Waals surface area contributed by atoms with Crippen molar-refractivity contribution in [2.45, 2.75) is 0 Å². The van der Waals surface area contributed by atoms with Crippen LogP contribution in [0.25, 0.3) is 77.1 Å². The first kappa shape index (κ1) is 23.0. The molecular formula is C38H24N4. The summed E-state index contributed by atoms with van der Waals surface area (Å²) < 4.78 is 4.65. The van der Waals surface area contributed by atoms with Crippen LogP contribution in [0.2, 0.25) is 0 Å². The average Bonchev–Trinajstić information content (AvgIpc) is 3.63. The molecule has 0 aliphatic rings. The molecule has 0 spiro atoms. The highest BCUT2D eigenvalue weighted by Crippen LogP contribution is 2.39. The molecule has 0 unspecified atom stereocenters. The number of rotatable bonds is 3. The van der Waals surface area contributed by atoms with Crippen molar-refractivity contribution in [2.24, 2.45) is 0 Å². The van der Waals surface area contributed by atoms with E-state index in [0.29, 0.717) is 0 Å². The second kappa shape index (κ2) is 8.88. The molecule has 4 heteroatoms. The molecule has 0 atom stereocenters. The highest BCUT2D eigenvalue weighted by atomic mass is 15.1. The van der Waals surface area contributed by atoms with Gasteiger partial charge in [0, 0.05) is 50.9 Å². The van der Waals surface area contributed by atoms with Gasteiger partial charge in [-0.2, -0.15) is 0 Å². The Hall–Kier alpha value is -5.74. The lowest BCUT2D eigenvalue weighted by atomic mass is 10.00. The van der Waals surface area contributed by atoms with Crippen LogP contribution in [0.4, 0.5) is 0 Å². The monoisotopic (exact) mass is 536 g/mol. The second-order valence-electron chi connectivity index (χ2n) is 10.7. The summed E-state index contributed by atoms with van der Waals surface area (Å²) in [5.41, 5.74) is 7.72. The van der Waals surface area contributed by atoms with Gasteiger partial charge in [-0.3, -0.25) is 9.55 Å². The van der Waals surface area contributed by atoms with Crippen LogP contribution in [-0.4, -0.2) is 19.1 Å².